The van der Waals surface area contributed by atoms with Gasteiger partial charge in [0.25, 0.3) is 0 Å². The van der Waals surface area contributed by atoms with Gasteiger partial charge in [-0.3, -0.25) is 5.32 Å². The van der Waals surface area contributed by atoms with Crippen molar-refractivity contribution in [3.05, 3.63) is 27.7 Å². The lowest BCUT2D eigenvalue weighted by molar-refractivity contribution is 0.0147. The third kappa shape index (κ3) is 2.82. The third-order valence-corrected chi connectivity index (χ3v) is 4.71. The molecule has 0 unspecified atom stereocenters. The first-order chi connectivity index (χ1) is 9.74. The lowest BCUT2D eigenvalue weighted by Gasteiger charge is -2.34. The van der Waals surface area contributed by atoms with Crippen LogP contribution in [0, 0.1) is 6.92 Å². The number of aryl methyl sites for hydroxylation is 1. The fourth-order valence-corrected chi connectivity index (χ4v) is 3.44. The molecule has 0 spiro atoms. The largest absolute Gasteiger partial charge is 0.377 e. The van der Waals surface area contributed by atoms with Crippen molar-refractivity contribution in [2.45, 2.75) is 13.0 Å². The van der Waals surface area contributed by atoms with E-state index >= 15 is 0 Å². The van der Waals surface area contributed by atoms with Gasteiger partial charge in [0.1, 0.15) is 11.0 Å². The zero-order valence-electron chi connectivity index (χ0n) is 10.9. The van der Waals surface area contributed by atoms with Crippen molar-refractivity contribution in [1.29, 1.82) is 0 Å². The zero-order chi connectivity index (χ0) is 13.9. The highest BCUT2D eigenvalue weighted by atomic mass is 32.1. The summed E-state index contributed by atoms with van der Waals surface area (Å²) in [6, 6.07) is -0.275. The molecule has 1 atom stereocenters. The van der Waals surface area contributed by atoms with E-state index in [-0.39, 0.29) is 12.1 Å². The highest BCUT2D eigenvalue weighted by Gasteiger charge is 2.31. The van der Waals surface area contributed by atoms with Gasteiger partial charge in [-0.15, -0.1) is 22.7 Å². The van der Waals surface area contributed by atoms with E-state index in [1.54, 1.807) is 22.4 Å². The van der Waals surface area contributed by atoms with Gasteiger partial charge in [0.15, 0.2) is 5.13 Å². The van der Waals surface area contributed by atoms with Gasteiger partial charge in [-0.2, -0.15) is 0 Å². The zero-order valence-corrected chi connectivity index (χ0v) is 12.5. The first-order valence-corrected chi connectivity index (χ1v) is 7.97. The molecule has 2 amide bonds. The number of carbonyl (C=O) groups is 1. The number of ether oxygens (including phenoxy) is 1. The standard InChI is InChI=1S/C12H14N4O2S2/c1-8-7-20-10(14-8)9-6-18-4-3-16(9)12(17)15-11-13-2-5-19-11/h2,5,7,9H,3-4,6H2,1H3,(H,13,15,17)/t9-/m1/s1. The molecule has 3 heterocycles. The van der Waals surface area contributed by atoms with E-state index < -0.39 is 0 Å². The molecule has 8 heteroatoms. The summed E-state index contributed by atoms with van der Waals surface area (Å²) in [5, 5.41) is 8.15. The number of carbonyl (C=O) groups excluding carboxylic acids is 1. The van der Waals surface area contributed by atoms with Crippen molar-refractivity contribution in [1.82, 2.24) is 14.9 Å². The highest BCUT2D eigenvalue weighted by Crippen LogP contribution is 2.27. The van der Waals surface area contributed by atoms with Gasteiger partial charge >= 0.3 is 6.03 Å². The minimum Gasteiger partial charge on any atom is -0.377 e. The first kappa shape index (κ1) is 13.5. The predicted octanol–water partition coefficient (Wildman–Crippen LogP) is 2.51. The Morgan fingerprint density at radius 2 is 2.45 bits per heavy atom. The second-order valence-corrected chi connectivity index (χ2v) is 6.16. The number of amides is 2. The Morgan fingerprint density at radius 1 is 1.55 bits per heavy atom. The Morgan fingerprint density at radius 3 is 3.15 bits per heavy atom. The molecule has 0 aliphatic carbocycles. The van der Waals surface area contributed by atoms with Crippen molar-refractivity contribution in [3.63, 3.8) is 0 Å². The van der Waals surface area contributed by atoms with E-state index in [2.05, 4.69) is 15.3 Å². The number of nitrogens with one attached hydrogen (secondary N) is 1. The van der Waals surface area contributed by atoms with E-state index in [1.807, 2.05) is 17.7 Å². The molecule has 1 aliphatic heterocycles. The molecule has 106 valence electrons. The molecule has 0 aromatic carbocycles. The van der Waals surface area contributed by atoms with Crippen LogP contribution in [-0.2, 0) is 4.74 Å². The molecular weight excluding hydrogens is 296 g/mol. The number of morpholine rings is 1. The van der Waals surface area contributed by atoms with Gasteiger partial charge in [-0.25, -0.2) is 14.8 Å². The van der Waals surface area contributed by atoms with Crippen LogP contribution in [0.3, 0.4) is 0 Å². The van der Waals surface area contributed by atoms with Crippen molar-refractivity contribution in [2.24, 2.45) is 0 Å². The highest BCUT2D eigenvalue weighted by molar-refractivity contribution is 7.13. The van der Waals surface area contributed by atoms with Crippen LogP contribution in [0.15, 0.2) is 17.0 Å². The van der Waals surface area contributed by atoms with E-state index in [0.29, 0.717) is 24.9 Å². The van der Waals surface area contributed by atoms with Crippen LogP contribution < -0.4 is 5.32 Å². The number of rotatable bonds is 2. The SMILES string of the molecule is Cc1csc([C@H]2COCCN2C(=O)Nc2nccs2)n1. The smallest absolute Gasteiger partial charge is 0.324 e. The fourth-order valence-electron chi connectivity index (χ4n) is 2.03. The number of hydrogen-bond donors (Lipinski definition) is 1. The number of hydrogen-bond acceptors (Lipinski definition) is 6. The molecule has 1 aliphatic rings. The Balaban J connectivity index is 1.76. The second kappa shape index (κ2) is 5.86. The van der Waals surface area contributed by atoms with Crippen LogP contribution in [0.4, 0.5) is 9.93 Å². The summed E-state index contributed by atoms with van der Waals surface area (Å²) < 4.78 is 5.49. The monoisotopic (exact) mass is 310 g/mol. The van der Waals surface area contributed by atoms with Gasteiger partial charge in [-0.05, 0) is 6.92 Å². The van der Waals surface area contributed by atoms with Crippen LogP contribution in [0.2, 0.25) is 0 Å². The maximum absolute atomic E-state index is 12.4. The molecule has 0 radical (unpaired) electrons. The molecular formula is C12H14N4O2S2. The van der Waals surface area contributed by atoms with Gasteiger partial charge in [-0.1, -0.05) is 0 Å². The van der Waals surface area contributed by atoms with Crippen molar-refractivity contribution < 1.29 is 9.53 Å². The summed E-state index contributed by atoms with van der Waals surface area (Å²) in [7, 11) is 0. The van der Waals surface area contributed by atoms with Crippen LogP contribution >= 0.6 is 22.7 Å². The third-order valence-electron chi connectivity index (χ3n) is 2.96. The van der Waals surface area contributed by atoms with E-state index in [1.165, 1.54) is 11.3 Å². The minimum absolute atomic E-state index is 0.123. The van der Waals surface area contributed by atoms with Gasteiger partial charge in [0.2, 0.25) is 0 Å². The fraction of sp³-hybridized carbons (Fsp3) is 0.417. The predicted molar refractivity (Wildman–Crippen MR) is 78.2 cm³/mol. The summed E-state index contributed by atoms with van der Waals surface area (Å²) in [6.45, 7) is 3.54. The van der Waals surface area contributed by atoms with Gasteiger partial charge < -0.3 is 9.64 Å². The molecule has 20 heavy (non-hydrogen) atoms. The molecule has 6 nitrogen and oxygen atoms in total. The molecule has 3 rings (SSSR count). The maximum Gasteiger partial charge on any atom is 0.324 e. The van der Waals surface area contributed by atoms with E-state index in [4.69, 9.17) is 4.74 Å². The van der Waals surface area contributed by atoms with Crippen molar-refractivity contribution >= 4 is 33.8 Å². The molecule has 2 aromatic rings. The quantitative estimate of drug-likeness (QED) is 0.925. The Hall–Kier alpha value is -1.51. The Bertz CT molecular complexity index is 584. The average molecular weight is 310 g/mol. The molecule has 1 saturated heterocycles. The molecule has 0 saturated carbocycles. The second-order valence-electron chi connectivity index (χ2n) is 4.38. The number of urea groups is 1. The summed E-state index contributed by atoms with van der Waals surface area (Å²) >= 11 is 2.96. The van der Waals surface area contributed by atoms with Crippen LogP contribution in [0.5, 0.6) is 0 Å². The van der Waals surface area contributed by atoms with E-state index in [0.717, 1.165) is 10.7 Å². The number of nitrogens with zero attached hydrogens (tertiary/aromatic N) is 3. The topological polar surface area (TPSA) is 67.3 Å². The normalized spacial score (nSPS) is 19.1. The summed E-state index contributed by atoms with van der Waals surface area (Å²) in [4.78, 5) is 22.7. The van der Waals surface area contributed by atoms with Crippen molar-refractivity contribution in [3.8, 4) is 0 Å². The summed E-state index contributed by atoms with van der Waals surface area (Å²) in [5.74, 6) is 0. The van der Waals surface area contributed by atoms with E-state index in [9.17, 15) is 4.79 Å². The molecule has 2 aromatic heterocycles. The molecule has 1 fully saturated rings. The Kier molecular flexibility index (Phi) is 3.95. The van der Waals surface area contributed by atoms with Crippen LogP contribution in [0.25, 0.3) is 0 Å². The minimum atomic E-state index is -0.152. The number of thiazole rings is 2. The summed E-state index contributed by atoms with van der Waals surface area (Å²) in [5.41, 5.74) is 0.968. The molecule has 0 bridgehead atoms. The molecule has 1 N–H and O–H groups in total. The first-order valence-electron chi connectivity index (χ1n) is 6.21. The van der Waals surface area contributed by atoms with Gasteiger partial charge in [0, 0.05) is 29.2 Å². The van der Waals surface area contributed by atoms with Crippen LogP contribution in [0.1, 0.15) is 16.7 Å². The average Bonchev–Trinajstić information content (AvgIpc) is 3.10. The lowest BCUT2D eigenvalue weighted by atomic mass is 10.2. The lowest BCUT2D eigenvalue weighted by Crippen LogP contribution is -2.45. The summed E-state index contributed by atoms with van der Waals surface area (Å²) in [6.07, 6.45) is 1.67. The number of aromatic nitrogens is 2. The number of anilines is 1. The maximum atomic E-state index is 12.4. The van der Waals surface area contributed by atoms with Gasteiger partial charge in [0.05, 0.1) is 13.2 Å². The van der Waals surface area contributed by atoms with Crippen molar-refractivity contribution in [2.75, 3.05) is 25.1 Å². The van der Waals surface area contributed by atoms with Crippen LogP contribution in [-0.4, -0.2) is 40.7 Å². The Labute approximate surface area is 124 Å².